The fourth-order valence-electron chi connectivity index (χ4n) is 3.50. The molecule has 0 radical (unpaired) electrons. The largest absolute Gasteiger partial charge is 0.496 e. The number of ether oxygens (including phenoxy) is 1. The van der Waals surface area contributed by atoms with Crippen molar-refractivity contribution in [2.75, 3.05) is 7.11 Å². The average Bonchev–Trinajstić information content (AvgIpc) is 2.99. The van der Waals surface area contributed by atoms with Crippen LogP contribution < -0.4 is 4.74 Å². The van der Waals surface area contributed by atoms with Crippen LogP contribution in [0.25, 0.3) is 22.3 Å². The van der Waals surface area contributed by atoms with Gasteiger partial charge in [0.25, 0.3) is 0 Å². The SMILES string of the molecule is CCc1c(C#N)c(-c2ccc(-c3ccccc3OC)cc2)c(C(=O)O)n1C. The third-order valence-corrected chi connectivity index (χ3v) is 4.76. The molecule has 1 heterocycles. The molecule has 27 heavy (non-hydrogen) atoms. The Balaban J connectivity index is 2.16. The molecule has 3 aromatic rings. The van der Waals surface area contributed by atoms with Crippen LogP contribution >= 0.6 is 0 Å². The van der Waals surface area contributed by atoms with Crippen LogP contribution in [0.3, 0.4) is 0 Å². The van der Waals surface area contributed by atoms with Gasteiger partial charge in [0.1, 0.15) is 17.5 Å². The molecule has 5 nitrogen and oxygen atoms in total. The third-order valence-electron chi connectivity index (χ3n) is 4.76. The third kappa shape index (κ3) is 3.06. The van der Waals surface area contributed by atoms with Crippen molar-refractivity contribution in [1.82, 2.24) is 4.57 Å². The van der Waals surface area contributed by atoms with Crippen LogP contribution in [0.5, 0.6) is 5.75 Å². The number of aromatic nitrogens is 1. The minimum atomic E-state index is -1.04. The van der Waals surface area contributed by atoms with Gasteiger partial charge in [0.05, 0.1) is 12.7 Å². The summed E-state index contributed by atoms with van der Waals surface area (Å²) in [7, 11) is 3.32. The van der Waals surface area contributed by atoms with Crippen molar-refractivity contribution in [2.24, 2.45) is 7.05 Å². The normalized spacial score (nSPS) is 10.4. The highest BCUT2D eigenvalue weighted by atomic mass is 16.5. The maximum atomic E-state index is 11.8. The quantitative estimate of drug-likeness (QED) is 0.727. The van der Waals surface area contributed by atoms with E-state index in [1.165, 1.54) is 0 Å². The number of para-hydroxylation sites is 1. The molecular weight excluding hydrogens is 340 g/mol. The Hall–Kier alpha value is -3.52. The van der Waals surface area contributed by atoms with E-state index in [2.05, 4.69) is 6.07 Å². The van der Waals surface area contributed by atoms with Gasteiger partial charge < -0.3 is 14.4 Å². The first-order valence-electron chi connectivity index (χ1n) is 8.62. The Labute approximate surface area is 158 Å². The summed E-state index contributed by atoms with van der Waals surface area (Å²) >= 11 is 0. The lowest BCUT2D eigenvalue weighted by molar-refractivity contribution is 0.0687. The van der Waals surface area contributed by atoms with Crippen molar-refractivity contribution in [3.05, 3.63) is 65.5 Å². The number of carbonyl (C=O) groups is 1. The van der Waals surface area contributed by atoms with E-state index in [-0.39, 0.29) is 5.69 Å². The monoisotopic (exact) mass is 360 g/mol. The molecule has 1 N–H and O–H groups in total. The highest BCUT2D eigenvalue weighted by molar-refractivity contribution is 5.97. The molecule has 1 aromatic heterocycles. The Morgan fingerprint density at radius 3 is 2.33 bits per heavy atom. The Bertz CT molecular complexity index is 1040. The van der Waals surface area contributed by atoms with Crippen molar-refractivity contribution in [2.45, 2.75) is 13.3 Å². The number of methoxy groups -OCH3 is 1. The smallest absolute Gasteiger partial charge is 0.353 e. The van der Waals surface area contributed by atoms with Gasteiger partial charge in [-0.15, -0.1) is 0 Å². The van der Waals surface area contributed by atoms with Gasteiger partial charge in [0, 0.05) is 23.9 Å². The Kier molecular flexibility index (Phi) is 5.00. The number of nitrogens with zero attached hydrogens (tertiary/aromatic N) is 2. The molecule has 3 rings (SSSR count). The molecule has 0 saturated heterocycles. The van der Waals surface area contributed by atoms with Crippen molar-refractivity contribution in [1.29, 1.82) is 5.26 Å². The summed E-state index contributed by atoms with van der Waals surface area (Å²) in [5.74, 6) is -0.278. The number of nitriles is 1. The van der Waals surface area contributed by atoms with Crippen molar-refractivity contribution in [3.63, 3.8) is 0 Å². The van der Waals surface area contributed by atoms with Crippen LogP contribution in [0.15, 0.2) is 48.5 Å². The molecule has 0 aliphatic heterocycles. The van der Waals surface area contributed by atoms with Gasteiger partial charge in [-0.3, -0.25) is 0 Å². The Morgan fingerprint density at radius 2 is 1.78 bits per heavy atom. The fraction of sp³-hybridized carbons (Fsp3) is 0.182. The van der Waals surface area contributed by atoms with Gasteiger partial charge in [-0.2, -0.15) is 5.26 Å². The van der Waals surface area contributed by atoms with E-state index in [1.807, 2.05) is 55.5 Å². The van der Waals surface area contributed by atoms with Crippen LogP contribution in [0.2, 0.25) is 0 Å². The predicted octanol–water partition coefficient (Wildman–Crippen LogP) is 4.50. The standard InChI is InChI=1S/C22H20N2O3/c1-4-18-17(13-23)20(21(22(25)26)24(18)2)15-11-9-14(10-12-15)16-7-5-6-8-19(16)27-3/h5-12H,4H2,1-3H3,(H,25,26). The fourth-order valence-corrected chi connectivity index (χ4v) is 3.50. The maximum absolute atomic E-state index is 11.8. The highest BCUT2D eigenvalue weighted by Gasteiger charge is 2.25. The van der Waals surface area contributed by atoms with Crippen LogP contribution in [0.4, 0.5) is 0 Å². The Morgan fingerprint density at radius 1 is 1.15 bits per heavy atom. The van der Waals surface area contributed by atoms with Crippen LogP contribution in [0, 0.1) is 11.3 Å². The summed E-state index contributed by atoms with van der Waals surface area (Å²) in [6.45, 7) is 1.91. The topological polar surface area (TPSA) is 75.2 Å². The number of hydrogen-bond donors (Lipinski definition) is 1. The number of aromatic carboxylic acids is 1. The van der Waals surface area contributed by atoms with Gasteiger partial charge in [0.2, 0.25) is 0 Å². The minimum absolute atomic E-state index is 0.133. The van der Waals surface area contributed by atoms with Crippen LogP contribution in [-0.4, -0.2) is 22.8 Å². The summed E-state index contributed by atoms with van der Waals surface area (Å²) in [5, 5.41) is 19.3. The number of hydrogen-bond acceptors (Lipinski definition) is 3. The van der Waals surface area contributed by atoms with E-state index < -0.39 is 5.97 Å². The van der Waals surface area contributed by atoms with Gasteiger partial charge in [-0.1, -0.05) is 49.4 Å². The van der Waals surface area contributed by atoms with Gasteiger partial charge in [-0.05, 0) is 23.6 Å². The summed E-state index contributed by atoms with van der Waals surface area (Å²) in [4.78, 5) is 11.8. The van der Waals surface area contributed by atoms with Gasteiger partial charge >= 0.3 is 5.97 Å². The van der Waals surface area contributed by atoms with E-state index in [9.17, 15) is 15.2 Å². The van der Waals surface area contributed by atoms with Crippen molar-refractivity contribution < 1.29 is 14.6 Å². The lowest BCUT2D eigenvalue weighted by atomic mass is 9.97. The molecule has 0 spiro atoms. The lowest BCUT2D eigenvalue weighted by Gasteiger charge is -2.09. The summed E-state index contributed by atoms with van der Waals surface area (Å²) in [6.07, 6.45) is 0.582. The molecule has 136 valence electrons. The summed E-state index contributed by atoms with van der Waals surface area (Å²) in [6, 6.07) is 17.4. The van der Waals surface area contributed by atoms with E-state index in [1.54, 1.807) is 18.7 Å². The zero-order chi connectivity index (χ0) is 19.6. The summed E-state index contributed by atoms with van der Waals surface area (Å²) in [5.41, 5.74) is 4.36. The first-order chi connectivity index (χ1) is 13.0. The van der Waals surface area contributed by atoms with Gasteiger partial charge in [-0.25, -0.2) is 4.79 Å². The molecule has 0 atom stereocenters. The molecule has 0 aliphatic carbocycles. The zero-order valence-electron chi connectivity index (χ0n) is 15.5. The minimum Gasteiger partial charge on any atom is -0.496 e. The molecular formula is C22H20N2O3. The molecule has 0 saturated carbocycles. The van der Waals surface area contributed by atoms with Gasteiger partial charge in [0.15, 0.2) is 0 Å². The lowest BCUT2D eigenvalue weighted by Crippen LogP contribution is -2.07. The van der Waals surface area contributed by atoms with Crippen molar-refractivity contribution >= 4 is 5.97 Å². The average molecular weight is 360 g/mol. The van der Waals surface area contributed by atoms with E-state index in [4.69, 9.17) is 4.74 Å². The molecule has 5 heteroatoms. The number of carboxylic acids is 1. The molecule has 0 fully saturated rings. The molecule has 0 amide bonds. The maximum Gasteiger partial charge on any atom is 0.353 e. The molecule has 2 aromatic carbocycles. The second kappa shape index (κ2) is 7.38. The highest BCUT2D eigenvalue weighted by Crippen LogP contribution is 2.35. The first-order valence-corrected chi connectivity index (χ1v) is 8.62. The number of carboxylic acid groups (broad SMARTS) is 1. The summed E-state index contributed by atoms with van der Waals surface area (Å²) < 4.78 is 7.01. The van der Waals surface area contributed by atoms with E-state index >= 15 is 0 Å². The molecule has 0 aliphatic rings. The van der Waals surface area contributed by atoms with Crippen LogP contribution in [-0.2, 0) is 13.5 Å². The number of rotatable bonds is 5. The first kappa shape index (κ1) is 18.3. The second-order valence-electron chi connectivity index (χ2n) is 6.15. The zero-order valence-corrected chi connectivity index (χ0v) is 15.5. The predicted molar refractivity (Wildman–Crippen MR) is 104 cm³/mol. The molecule has 0 unspecified atom stereocenters. The van der Waals surface area contributed by atoms with E-state index in [0.29, 0.717) is 23.1 Å². The molecule has 0 bridgehead atoms. The van der Waals surface area contributed by atoms with Crippen LogP contribution in [0.1, 0.15) is 28.7 Å². The van der Waals surface area contributed by atoms with Crippen molar-refractivity contribution in [3.8, 4) is 34.1 Å². The second-order valence-corrected chi connectivity index (χ2v) is 6.15. The van der Waals surface area contributed by atoms with E-state index in [0.717, 1.165) is 22.6 Å². The number of benzene rings is 2.